The molecular weight excluding hydrogens is 380 g/mol. The topological polar surface area (TPSA) is 83.6 Å². The molecule has 21 heavy (non-hydrogen) atoms. The average Bonchev–Trinajstić information content (AvgIpc) is 2.89. The predicted octanol–water partition coefficient (Wildman–Crippen LogP) is 2.61. The van der Waals surface area contributed by atoms with Crippen molar-refractivity contribution in [3.05, 3.63) is 21.6 Å². The van der Waals surface area contributed by atoms with Gasteiger partial charge in [0.25, 0.3) is 0 Å². The fourth-order valence-corrected chi connectivity index (χ4v) is 5.62. The number of rotatable bonds is 5. The predicted molar refractivity (Wildman–Crippen MR) is 86.8 cm³/mol. The van der Waals surface area contributed by atoms with Crippen molar-refractivity contribution in [1.82, 2.24) is 4.31 Å². The molecule has 0 aromatic heterocycles. The van der Waals surface area contributed by atoms with Crippen molar-refractivity contribution >= 4 is 43.2 Å². The molecule has 5 nitrogen and oxygen atoms in total. The van der Waals surface area contributed by atoms with Crippen LogP contribution in [0.5, 0.6) is 0 Å². The van der Waals surface area contributed by atoms with Gasteiger partial charge in [-0.25, -0.2) is 8.42 Å². The fourth-order valence-electron chi connectivity index (χ4n) is 2.64. The summed E-state index contributed by atoms with van der Waals surface area (Å²) in [5.41, 5.74) is 6.08. The Bertz CT molecular complexity index is 624. The molecule has 1 saturated heterocycles. The molecule has 1 atom stereocenters. The summed E-state index contributed by atoms with van der Waals surface area (Å²) < 4.78 is 27.6. The van der Waals surface area contributed by atoms with Crippen molar-refractivity contribution in [2.75, 3.05) is 18.9 Å². The van der Waals surface area contributed by atoms with Crippen LogP contribution in [0, 0.1) is 0 Å². The maximum absolute atomic E-state index is 12.9. The third-order valence-electron chi connectivity index (χ3n) is 3.64. The van der Waals surface area contributed by atoms with Crippen LogP contribution >= 0.6 is 27.5 Å². The van der Waals surface area contributed by atoms with E-state index in [2.05, 4.69) is 15.9 Å². The zero-order chi connectivity index (χ0) is 15.6. The number of anilines is 1. The Morgan fingerprint density at radius 2 is 2.19 bits per heavy atom. The Labute approximate surface area is 138 Å². The second kappa shape index (κ2) is 6.83. The molecule has 0 aliphatic carbocycles. The minimum Gasteiger partial charge on any atom is -0.398 e. The standard InChI is InChI=1S/C13H18BrClN2O3S/c14-13-11(16)7-9(15)8-12(13)21(19,20)17-5-1-3-10(17)4-2-6-18/h7-8,10,18H,1-6,16H2. The number of aliphatic hydroxyl groups excluding tert-OH is 1. The zero-order valence-corrected chi connectivity index (χ0v) is 14.6. The maximum atomic E-state index is 12.9. The lowest BCUT2D eigenvalue weighted by molar-refractivity contribution is 0.264. The Hall–Kier alpha value is -0.340. The Balaban J connectivity index is 2.38. The van der Waals surface area contributed by atoms with Crippen molar-refractivity contribution in [2.45, 2.75) is 36.6 Å². The number of nitrogens with zero attached hydrogens (tertiary/aromatic N) is 1. The molecule has 1 unspecified atom stereocenters. The van der Waals surface area contributed by atoms with E-state index in [0.29, 0.717) is 34.6 Å². The van der Waals surface area contributed by atoms with Crippen LogP contribution in [-0.4, -0.2) is 37.0 Å². The number of aliphatic hydroxyl groups is 1. The number of benzene rings is 1. The molecule has 2 rings (SSSR count). The summed E-state index contributed by atoms with van der Waals surface area (Å²) in [6.07, 6.45) is 2.88. The van der Waals surface area contributed by atoms with E-state index in [1.54, 1.807) is 0 Å². The molecule has 0 radical (unpaired) electrons. The summed E-state index contributed by atoms with van der Waals surface area (Å²) in [7, 11) is -3.65. The van der Waals surface area contributed by atoms with Gasteiger partial charge in [-0.15, -0.1) is 0 Å². The Morgan fingerprint density at radius 1 is 1.48 bits per heavy atom. The summed E-state index contributed by atoms with van der Waals surface area (Å²) >= 11 is 9.18. The van der Waals surface area contributed by atoms with Crippen LogP contribution in [0.15, 0.2) is 21.5 Å². The first-order valence-corrected chi connectivity index (χ1v) is 9.36. The van der Waals surface area contributed by atoms with Crippen LogP contribution in [0.2, 0.25) is 5.02 Å². The fraction of sp³-hybridized carbons (Fsp3) is 0.538. The van der Waals surface area contributed by atoms with Crippen LogP contribution in [0.4, 0.5) is 5.69 Å². The van der Waals surface area contributed by atoms with Gasteiger partial charge < -0.3 is 10.8 Å². The molecule has 0 saturated carbocycles. The van der Waals surface area contributed by atoms with Crippen LogP contribution in [0.25, 0.3) is 0 Å². The molecule has 1 aliphatic heterocycles. The quantitative estimate of drug-likeness (QED) is 0.748. The molecule has 1 aromatic rings. The highest BCUT2D eigenvalue weighted by molar-refractivity contribution is 9.10. The van der Waals surface area contributed by atoms with E-state index in [0.717, 1.165) is 12.8 Å². The van der Waals surface area contributed by atoms with E-state index < -0.39 is 10.0 Å². The number of halogens is 2. The van der Waals surface area contributed by atoms with Gasteiger partial charge >= 0.3 is 0 Å². The molecule has 0 bridgehead atoms. The van der Waals surface area contributed by atoms with E-state index in [9.17, 15) is 8.42 Å². The van der Waals surface area contributed by atoms with Crippen LogP contribution in [0.1, 0.15) is 25.7 Å². The van der Waals surface area contributed by atoms with Crippen molar-refractivity contribution < 1.29 is 13.5 Å². The first-order chi connectivity index (χ1) is 9.87. The van der Waals surface area contributed by atoms with Gasteiger partial charge in [0.15, 0.2) is 0 Å². The van der Waals surface area contributed by atoms with E-state index in [-0.39, 0.29) is 17.5 Å². The summed E-state index contributed by atoms with van der Waals surface area (Å²) in [5.74, 6) is 0. The highest BCUT2D eigenvalue weighted by Crippen LogP contribution is 2.36. The SMILES string of the molecule is Nc1cc(Cl)cc(S(=O)(=O)N2CCCC2CCCO)c1Br. The van der Waals surface area contributed by atoms with E-state index in [4.69, 9.17) is 22.4 Å². The minimum atomic E-state index is -3.65. The molecular formula is C13H18BrClN2O3S. The molecule has 8 heteroatoms. The largest absolute Gasteiger partial charge is 0.398 e. The van der Waals surface area contributed by atoms with Crippen LogP contribution in [-0.2, 0) is 10.0 Å². The lowest BCUT2D eigenvalue weighted by Gasteiger charge is -2.24. The second-order valence-corrected chi connectivity index (χ2v) is 8.17. The maximum Gasteiger partial charge on any atom is 0.244 e. The molecule has 0 amide bonds. The van der Waals surface area contributed by atoms with Crippen LogP contribution in [0.3, 0.4) is 0 Å². The molecule has 118 valence electrons. The molecule has 1 aliphatic rings. The van der Waals surface area contributed by atoms with Crippen molar-refractivity contribution in [2.24, 2.45) is 0 Å². The molecule has 3 N–H and O–H groups in total. The van der Waals surface area contributed by atoms with E-state index >= 15 is 0 Å². The van der Waals surface area contributed by atoms with Gasteiger partial charge in [0.1, 0.15) is 0 Å². The zero-order valence-electron chi connectivity index (χ0n) is 11.4. The lowest BCUT2D eigenvalue weighted by atomic mass is 10.1. The molecule has 0 spiro atoms. The number of hydrogen-bond acceptors (Lipinski definition) is 4. The van der Waals surface area contributed by atoms with Gasteiger partial charge in [-0.3, -0.25) is 0 Å². The van der Waals surface area contributed by atoms with E-state index in [1.165, 1.54) is 16.4 Å². The average molecular weight is 398 g/mol. The first kappa shape index (κ1) is 17.0. The summed E-state index contributed by atoms with van der Waals surface area (Å²) in [4.78, 5) is 0.100. The second-order valence-electron chi connectivity index (χ2n) is 5.08. The summed E-state index contributed by atoms with van der Waals surface area (Å²) in [6.45, 7) is 0.551. The lowest BCUT2D eigenvalue weighted by Crippen LogP contribution is -2.35. The molecule has 1 fully saturated rings. The van der Waals surface area contributed by atoms with Crippen LogP contribution < -0.4 is 5.73 Å². The number of sulfonamides is 1. The van der Waals surface area contributed by atoms with Gasteiger partial charge in [-0.05, 0) is 53.7 Å². The van der Waals surface area contributed by atoms with Gasteiger partial charge in [-0.1, -0.05) is 11.6 Å². The van der Waals surface area contributed by atoms with Gasteiger partial charge in [0.2, 0.25) is 10.0 Å². The smallest absolute Gasteiger partial charge is 0.244 e. The van der Waals surface area contributed by atoms with Crippen molar-refractivity contribution in [3.8, 4) is 0 Å². The van der Waals surface area contributed by atoms with Crippen molar-refractivity contribution in [3.63, 3.8) is 0 Å². The number of nitrogens with two attached hydrogens (primary N) is 1. The summed E-state index contributed by atoms with van der Waals surface area (Å²) in [5, 5.41) is 9.23. The highest BCUT2D eigenvalue weighted by atomic mass is 79.9. The third kappa shape index (κ3) is 3.53. The molecule has 1 heterocycles. The van der Waals surface area contributed by atoms with Crippen molar-refractivity contribution in [1.29, 1.82) is 0 Å². The van der Waals surface area contributed by atoms with Gasteiger partial charge in [-0.2, -0.15) is 4.31 Å². The Morgan fingerprint density at radius 3 is 2.86 bits per heavy atom. The number of nitrogen functional groups attached to an aromatic ring is 1. The first-order valence-electron chi connectivity index (χ1n) is 6.75. The Kier molecular flexibility index (Phi) is 5.54. The van der Waals surface area contributed by atoms with Gasteiger partial charge in [0.05, 0.1) is 9.37 Å². The molecule has 1 aromatic carbocycles. The number of hydrogen-bond donors (Lipinski definition) is 2. The minimum absolute atomic E-state index is 0.0677. The van der Waals surface area contributed by atoms with E-state index in [1.807, 2.05) is 0 Å². The highest BCUT2D eigenvalue weighted by Gasteiger charge is 2.36. The normalized spacial score (nSPS) is 20.0. The van der Waals surface area contributed by atoms with Gasteiger partial charge in [0, 0.05) is 29.9 Å². The monoisotopic (exact) mass is 396 g/mol. The third-order valence-corrected chi connectivity index (χ3v) is 6.98. The summed E-state index contributed by atoms with van der Waals surface area (Å²) in [6, 6.07) is 2.85.